The van der Waals surface area contributed by atoms with Crippen molar-refractivity contribution in [1.29, 1.82) is 0 Å². The average Bonchev–Trinajstić information content (AvgIpc) is 2.75. The molecule has 2 aliphatic rings. The van der Waals surface area contributed by atoms with Crippen LogP contribution in [0.1, 0.15) is 34.3 Å². The van der Waals surface area contributed by atoms with Gasteiger partial charge >= 0.3 is 0 Å². The molecule has 1 unspecified atom stereocenters. The predicted octanol–water partition coefficient (Wildman–Crippen LogP) is 0.893. The molecule has 0 bridgehead atoms. The first kappa shape index (κ1) is 12.9. The summed E-state index contributed by atoms with van der Waals surface area (Å²) in [4.78, 5) is 26.1. The van der Waals surface area contributed by atoms with E-state index in [9.17, 15) is 9.59 Å². The standard InChI is InChI=1S/C15H17N3O2/c1-9-2-5-13(14(19)17-9)18-8-11-6-10(7-16)3-4-12(11)15(18)20/h3-4,6,13H,1-2,5,7-8,16H2,(H,17,19). The van der Waals surface area contributed by atoms with E-state index in [4.69, 9.17) is 5.73 Å². The SMILES string of the molecule is C=C1CCC(N2Cc3cc(CN)ccc3C2=O)C(=O)N1. The van der Waals surface area contributed by atoms with E-state index in [2.05, 4.69) is 11.9 Å². The zero-order valence-corrected chi connectivity index (χ0v) is 11.2. The maximum Gasteiger partial charge on any atom is 0.255 e. The maximum atomic E-state index is 12.4. The van der Waals surface area contributed by atoms with Crippen LogP contribution in [-0.2, 0) is 17.9 Å². The number of hydrogen-bond donors (Lipinski definition) is 2. The molecule has 1 aromatic carbocycles. The van der Waals surface area contributed by atoms with E-state index < -0.39 is 6.04 Å². The molecule has 0 saturated carbocycles. The fraction of sp³-hybridized carbons (Fsp3) is 0.333. The topological polar surface area (TPSA) is 75.4 Å². The van der Waals surface area contributed by atoms with Crippen molar-refractivity contribution in [2.75, 3.05) is 0 Å². The van der Waals surface area contributed by atoms with Gasteiger partial charge in [0.2, 0.25) is 5.91 Å². The summed E-state index contributed by atoms with van der Waals surface area (Å²) in [5.74, 6) is -0.210. The summed E-state index contributed by atoms with van der Waals surface area (Å²) in [6.45, 7) is 4.69. The Morgan fingerprint density at radius 3 is 2.90 bits per heavy atom. The van der Waals surface area contributed by atoms with Crippen molar-refractivity contribution in [3.05, 3.63) is 47.2 Å². The highest BCUT2D eigenvalue weighted by atomic mass is 16.2. The Morgan fingerprint density at radius 2 is 2.20 bits per heavy atom. The van der Waals surface area contributed by atoms with Gasteiger partial charge in [0.05, 0.1) is 0 Å². The maximum absolute atomic E-state index is 12.4. The van der Waals surface area contributed by atoms with Crippen LogP contribution in [0.25, 0.3) is 0 Å². The summed E-state index contributed by atoms with van der Waals surface area (Å²) < 4.78 is 0. The molecule has 1 saturated heterocycles. The Labute approximate surface area is 117 Å². The first-order chi connectivity index (χ1) is 9.60. The van der Waals surface area contributed by atoms with Crippen LogP contribution in [0.3, 0.4) is 0 Å². The van der Waals surface area contributed by atoms with Crippen molar-refractivity contribution in [1.82, 2.24) is 10.2 Å². The molecule has 5 heteroatoms. The number of hydrogen-bond acceptors (Lipinski definition) is 3. The normalized spacial score (nSPS) is 21.9. The number of amides is 2. The van der Waals surface area contributed by atoms with Gasteiger partial charge in [0.25, 0.3) is 5.91 Å². The fourth-order valence-electron chi connectivity index (χ4n) is 2.83. The number of piperidine rings is 1. The lowest BCUT2D eigenvalue weighted by Gasteiger charge is -2.30. The predicted molar refractivity (Wildman–Crippen MR) is 74.5 cm³/mol. The smallest absolute Gasteiger partial charge is 0.255 e. The van der Waals surface area contributed by atoms with Crippen molar-refractivity contribution >= 4 is 11.8 Å². The van der Waals surface area contributed by atoms with E-state index in [0.717, 1.165) is 16.8 Å². The molecule has 2 heterocycles. The lowest BCUT2D eigenvalue weighted by atomic mass is 10.0. The number of nitrogens with two attached hydrogens (primary N) is 1. The Balaban J connectivity index is 1.86. The van der Waals surface area contributed by atoms with Crippen LogP contribution in [0.15, 0.2) is 30.5 Å². The highest BCUT2D eigenvalue weighted by Crippen LogP contribution is 2.28. The van der Waals surface area contributed by atoms with Gasteiger partial charge < -0.3 is 16.0 Å². The summed E-state index contributed by atoms with van der Waals surface area (Å²) >= 11 is 0. The third-order valence-corrected chi connectivity index (χ3v) is 3.94. The van der Waals surface area contributed by atoms with Gasteiger partial charge in [-0.15, -0.1) is 0 Å². The first-order valence-corrected chi connectivity index (χ1v) is 6.71. The second kappa shape index (κ2) is 4.76. The van der Waals surface area contributed by atoms with E-state index in [0.29, 0.717) is 31.5 Å². The Bertz CT molecular complexity index is 609. The minimum atomic E-state index is -0.401. The van der Waals surface area contributed by atoms with Crippen molar-refractivity contribution < 1.29 is 9.59 Å². The molecule has 104 valence electrons. The number of allylic oxidation sites excluding steroid dienone is 1. The van der Waals surface area contributed by atoms with Crippen LogP contribution in [-0.4, -0.2) is 22.8 Å². The number of carbonyl (C=O) groups is 2. The largest absolute Gasteiger partial charge is 0.329 e. The third kappa shape index (κ3) is 2.00. The van der Waals surface area contributed by atoms with E-state index in [1.165, 1.54) is 0 Å². The lowest BCUT2D eigenvalue weighted by Crippen LogP contribution is -2.49. The third-order valence-electron chi connectivity index (χ3n) is 3.94. The van der Waals surface area contributed by atoms with Crippen molar-refractivity contribution in [3.63, 3.8) is 0 Å². The first-order valence-electron chi connectivity index (χ1n) is 6.71. The molecule has 1 fully saturated rings. The van der Waals surface area contributed by atoms with E-state index in [1.54, 1.807) is 11.0 Å². The summed E-state index contributed by atoms with van der Waals surface area (Å²) in [5, 5.41) is 2.73. The zero-order valence-electron chi connectivity index (χ0n) is 11.2. The molecule has 1 atom stereocenters. The van der Waals surface area contributed by atoms with Crippen LogP contribution in [0, 0.1) is 0 Å². The van der Waals surface area contributed by atoms with Gasteiger partial charge in [-0.25, -0.2) is 0 Å². The average molecular weight is 271 g/mol. The molecule has 2 aliphatic heterocycles. The fourth-order valence-corrected chi connectivity index (χ4v) is 2.83. The van der Waals surface area contributed by atoms with Crippen LogP contribution in [0.2, 0.25) is 0 Å². The Kier molecular flexibility index (Phi) is 3.06. The van der Waals surface area contributed by atoms with Gasteiger partial charge in [-0.2, -0.15) is 0 Å². The number of benzene rings is 1. The number of carbonyl (C=O) groups excluding carboxylic acids is 2. The van der Waals surface area contributed by atoms with E-state index in [1.807, 2.05) is 12.1 Å². The van der Waals surface area contributed by atoms with Gasteiger partial charge in [-0.05, 0) is 30.0 Å². The number of fused-ring (bicyclic) bond motifs is 1. The zero-order chi connectivity index (χ0) is 14.3. The number of nitrogens with zero attached hydrogens (tertiary/aromatic N) is 1. The van der Waals surface area contributed by atoms with E-state index >= 15 is 0 Å². The van der Waals surface area contributed by atoms with Crippen molar-refractivity contribution in [2.24, 2.45) is 5.73 Å². The molecule has 0 aromatic heterocycles. The molecule has 3 rings (SSSR count). The van der Waals surface area contributed by atoms with Crippen LogP contribution in [0.5, 0.6) is 0 Å². The summed E-state index contributed by atoms with van der Waals surface area (Å²) in [6.07, 6.45) is 1.35. The molecule has 20 heavy (non-hydrogen) atoms. The van der Waals surface area contributed by atoms with E-state index in [-0.39, 0.29) is 11.8 Å². The summed E-state index contributed by atoms with van der Waals surface area (Å²) in [6, 6.07) is 5.22. The van der Waals surface area contributed by atoms with Crippen LogP contribution < -0.4 is 11.1 Å². The molecule has 5 nitrogen and oxygen atoms in total. The summed E-state index contributed by atoms with van der Waals surface area (Å²) in [5.41, 5.74) is 8.98. The van der Waals surface area contributed by atoms with Crippen molar-refractivity contribution in [3.8, 4) is 0 Å². The van der Waals surface area contributed by atoms with Gasteiger partial charge in [0.15, 0.2) is 0 Å². The monoisotopic (exact) mass is 271 g/mol. The summed E-state index contributed by atoms with van der Waals surface area (Å²) in [7, 11) is 0. The highest BCUT2D eigenvalue weighted by Gasteiger charge is 2.37. The molecule has 3 N–H and O–H groups in total. The van der Waals surface area contributed by atoms with Gasteiger partial charge in [0, 0.05) is 24.4 Å². The minimum absolute atomic E-state index is 0.0729. The van der Waals surface area contributed by atoms with Crippen LogP contribution in [0.4, 0.5) is 0 Å². The van der Waals surface area contributed by atoms with Crippen LogP contribution >= 0.6 is 0 Å². The lowest BCUT2D eigenvalue weighted by molar-refractivity contribution is -0.126. The quantitative estimate of drug-likeness (QED) is 0.839. The van der Waals surface area contributed by atoms with Gasteiger partial charge in [-0.3, -0.25) is 9.59 Å². The molecular weight excluding hydrogens is 254 g/mol. The Morgan fingerprint density at radius 1 is 1.40 bits per heavy atom. The highest BCUT2D eigenvalue weighted by molar-refractivity contribution is 6.01. The molecule has 0 radical (unpaired) electrons. The second-order valence-corrected chi connectivity index (χ2v) is 5.28. The molecule has 2 amide bonds. The molecule has 1 aromatic rings. The minimum Gasteiger partial charge on any atom is -0.329 e. The molecule has 0 spiro atoms. The second-order valence-electron chi connectivity index (χ2n) is 5.28. The van der Waals surface area contributed by atoms with Crippen molar-refractivity contribution in [2.45, 2.75) is 32.0 Å². The molecule has 0 aliphatic carbocycles. The number of rotatable bonds is 2. The van der Waals surface area contributed by atoms with Gasteiger partial charge in [0.1, 0.15) is 6.04 Å². The van der Waals surface area contributed by atoms with Gasteiger partial charge in [-0.1, -0.05) is 18.7 Å². The number of nitrogens with one attached hydrogen (secondary N) is 1. The Hall–Kier alpha value is -2.14. The molecular formula is C15H17N3O2.